The van der Waals surface area contributed by atoms with Gasteiger partial charge in [0.1, 0.15) is 0 Å². The second-order valence-corrected chi connectivity index (χ2v) is 5.62. The Kier molecular flexibility index (Phi) is 3.42. The minimum Gasteiger partial charge on any atom is -0.469 e. The van der Waals surface area contributed by atoms with Crippen molar-refractivity contribution in [3.05, 3.63) is 30.1 Å². The SMILES string of the molecule is COC(=O)[C@@H]1[C@H]2CC[C@@H](C2)[C@H]1NC(=O)c1cccnc1. The van der Waals surface area contributed by atoms with Gasteiger partial charge in [-0.3, -0.25) is 14.6 Å². The van der Waals surface area contributed by atoms with Crippen LogP contribution in [0.25, 0.3) is 0 Å². The van der Waals surface area contributed by atoms with Gasteiger partial charge in [0.25, 0.3) is 5.91 Å². The van der Waals surface area contributed by atoms with Gasteiger partial charge in [-0.15, -0.1) is 0 Å². The van der Waals surface area contributed by atoms with Gasteiger partial charge in [-0.2, -0.15) is 0 Å². The molecule has 5 heteroatoms. The van der Waals surface area contributed by atoms with Crippen LogP contribution >= 0.6 is 0 Å². The van der Waals surface area contributed by atoms with E-state index in [0.29, 0.717) is 17.4 Å². The second-order valence-electron chi connectivity index (χ2n) is 5.62. The molecule has 2 aliphatic rings. The van der Waals surface area contributed by atoms with E-state index in [1.54, 1.807) is 18.3 Å². The third kappa shape index (κ3) is 2.17. The van der Waals surface area contributed by atoms with E-state index in [-0.39, 0.29) is 23.8 Å². The number of methoxy groups -OCH3 is 1. The van der Waals surface area contributed by atoms with Crippen LogP contribution in [0, 0.1) is 17.8 Å². The third-order valence-corrected chi connectivity index (χ3v) is 4.61. The van der Waals surface area contributed by atoms with E-state index in [2.05, 4.69) is 10.3 Å². The number of fused-ring (bicyclic) bond motifs is 2. The number of nitrogens with one attached hydrogen (secondary N) is 1. The molecule has 0 aromatic carbocycles. The van der Waals surface area contributed by atoms with E-state index >= 15 is 0 Å². The van der Waals surface area contributed by atoms with Gasteiger partial charge >= 0.3 is 5.97 Å². The van der Waals surface area contributed by atoms with E-state index in [4.69, 9.17) is 4.74 Å². The maximum absolute atomic E-state index is 12.2. The zero-order chi connectivity index (χ0) is 14.1. The number of carbonyl (C=O) groups excluding carboxylic acids is 2. The molecule has 0 saturated heterocycles. The number of esters is 1. The summed E-state index contributed by atoms with van der Waals surface area (Å²) in [6.07, 6.45) is 6.32. The van der Waals surface area contributed by atoms with Crippen molar-refractivity contribution in [3.8, 4) is 0 Å². The lowest BCUT2D eigenvalue weighted by atomic mass is 9.84. The molecule has 106 valence electrons. The molecule has 1 aromatic heterocycles. The fourth-order valence-corrected chi connectivity index (χ4v) is 3.71. The molecule has 0 radical (unpaired) electrons. The van der Waals surface area contributed by atoms with Gasteiger partial charge in [0.2, 0.25) is 0 Å². The minimum atomic E-state index is -0.200. The number of ether oxygens (including phenoxy) is 1. The smallest absolute Gasteiger partial charge is 0.311 e. The van der Waals surface area contributed by atoms with Gasteiger partial charge in [0.15, 0.2) is 0 Å². The maximum Gasteiger partial charge on any atom is 0.311 e. The summed E-state index contributed by atoms with van der Waals surface area (Å²) in [6, 6.07) is 3.35. The van der Waals surface area contributed by atoms with E-state index in [1.165, 1.54) is 13.3 Å². The Labute approximate surface area is 117 Å². The van der Waals surface area contributed by atoms with E-state index in [1.807, 2.05) is 0 Å². The Hall–Kier alpha value is -1.91. The number of amides is 1. The predicted octanol–water partition coefficient (Wildman–Crippen LogP) is 1.40. The normalized spacial score (nSPS) is 31.1. The van der Waals surface area contributed by atoms with Crippen molar-refractivity contribution < 1.29 is 14.3 Å². The highest BCUT2D eigenvalue weighted by atomic mass is 16.5. The molecule has 1 heterocycles. The Morgan fingerprint density at radius 2 is 2.15 bits per heavy atom. The average molecular weight is 274 g/mol. The van der Waals surface area contributed by atoms with Crippen LogP contribution in [-0.2, 0) is 9.53 Å². The van der Waals surface area contributed by atoms with Crippen LogP contribution in [-0.4, -0.2) is 30.0 Å². The summed E-state index contributed by atoms with van der Waals surface area (Å²) in [5, 5.41) is 3.01. The Morgan fingerprint density at radius 1 is 1.35 bits per heavy atom. The van der Waals surface area contributed by atoms with Crippen LogP contribution < -0.4 is 5.32 Å². The molecule has 0 spiro atoms. The molecule has 0 unspecified atom stereocenters. The monoisotopic (exact) mass is 274 g/mol. The van der Waals surface area contributed by atoms with Gasteiger partial charge < -0.3 is 10.1 Å². The Bertz CT molecular complexity index is 517. The molecule has 1 aromatic rings. The standard InChI is InChI=1S/C15H18N2O3/c1-20-15(19)12-9-4-5-10(7-9)13(12)17-14(18)11-3-2-6-16-8-11/h2-3,6,8-10,12-13H,4-5,7H2,1H3,(H,17,18)/t9-,10-,12+,13+/m0/s1. The summed E-state index contributed by atoms with van der Waals surface area (Å²) < 4.78 is 4.90. The molecule has 4 atom stereocenters. The lowest BCUT2D eigenvalue weighted by Crippen LogP contribution is -2.47. The van der Waals surface area contributed by atoms with Gasteiger partial charge in [-0.05, 0) is 43.2 Å². The van der Waals surface area contributed by atoms with E-state index < -0.39 is 0 Å². The summed E-state index contributed by atoms with van der Waals surface area (Å²) in [6.45, 7) is 0. The zero-order valence-electron chi connectivity index (χ0n) is 11.4. The quantitative estimate of drug-likeness (QED) is 0.846. The molecule has 0 aliphatic heterocycles. The molecule has 20 heavy (non-hydrogen) atoms. The highest BCUT2D eigenvalue weighted by molar-refractivity contribution is 5.94. The van der Waals surface area contributed by atoms with Crippen LogP contribution in [0.15, 0.2) is 24.5 Å². The van der Waals surface area contributed by atoms with Gasteiger partial charge in [-0.1, -0.05) is 0 Å². The summed E-state index contributed by atoms with van der Waals surface area (Å²) >= 11 is 0. The largest absolute Gasteiger partial charge is 0.469 e. The van der Waals surface area contributed by atoms with Crippen molar-refractivity contribution in [1.29, 1.82) is 0 Å². The molecule has 2 bridgehead atoms. The van der Waals surface area contributed by atoms with Crippen LogP contribution in [0.4, 0.5) is 0 Å². The van der Waals surface area contributed by atoms with Crippen LogP contribution in [0.2, 0.25) is 0 Å². The highest BCUT2D eigenvalue weighted by Gasteiger charge is 2.52. The fourth-order valence-electron chi connectivity index (χ4n) is 3.71. The molecular formula is C15H18N2O3. The number of hydrogen-bond donors (Lipinski definition) is 1. The van der Waals surface area contributed by atoms with Crippen molar-refractivity contribution in [2.75, 3.05) is 7.11 Å². The Balaban J connectivity index is 1.75. The maximum atomic E-state index is 12.2. The summed E-state index contributed by atoms with van der Waals surface area (Å²) in [5.41, 5.74) is 0.527. The third-order valence-electron chi connectivity index (χ3n) is 4.61. The van der Waals surface area contributed by atoms with Gasteiger partial charge in [0.05, 0.1) is 18.6 Å². The minimum absolute atomic E-state index is 0.103. The van der Waals surface area contributed by atoms with Crippen molar-refractivity contribution in [2.24, 2.45) is 17.8 Å². The lowest BCUT2D eigenvalue weighted by Gasteiger charge is -2.29. The first-order chi connectivity index (χ1) is 9.70. The highest BCUT2D eigenvalue weighted by Crippen LogP contribution is 2.48. The van der Waals surface area contributed by atoms with Crippen LogP contribution in [0.3, 0.4) is 0 Å². The van der Waals surface area contributed by atoms with Gasteiger partial charge in [-0.25, -0.2) is 0 Å². The van der Waals surface area contributed by atoms with Crippen molar-refractivity contribution in [3.63, 3.8) is 0 Å². The van der Waals surface area contributed by atoms with Crippen molar-refractivity contribution in [1.82, 2.24) is 10.3 Å². The molecule has 3 rings (SSSR count). The number of aromatic nitrogens is 1. The number of carbonyl (C=O) groups is 2. The molecule has 2 saturated carbocycles. The van der Waals surface area contributed by atoms with Crippen LogP contribution in [0.5, 0.6) is 0 Å². The van der Waals surface area contributed by atoms with Gasteiger partial charge in [0, 0.05) is 18.4 Å². The second kappa shape index (κ2) is 5.23. The zero-order valence-corrected chi connectivity index (χ0v) is 11.4. The van der Waals surface area contributed by atoms with E-state index in [9.17, 15) is 9.59 Å². The number of pyridine rings is 1. The number of hydrogen-bond acceptors (Lipinski definition) is 4. The van der Waals surface area contributed by atoms with Crippen LogP contribution in [0.1, 0.15) is 29.6 Å². The van der Waals surface area contributed by atoms with Crippen molar-refractivity contribution >= 4 is 11.9 Å². The van der Waals surface area contributed by atoms with E-state index in [0.717, 1.165) is 19.3 Å². The molecule has 1 N–H and O–H groups in total. The van der Waals surface area contributed by atoms with Crippen molar-refractivity contribution in [2.45, 2.75) is 25.3 Å². The first-order valence-corrected chi connectivity index (χ1v) is 6.99. The lowest BCUT2D eigenvalue weighted by molar-refractivity contribution is -0.148. The number of rotatable bonds is 3. The molecule has 5 nitrogen and oxygen atoms in total. The predicted molar refractivity (Wildman–Crippen MR) is 71.8 cm³/mol. The first kappa shape index (κ1) is 13.1. The number of nitrogens with zero attached hydrogens (tertiary/aromatic N) is 1. The average Bonchev–Trinajstić information content (AvgIpc) is 3.08. The molecule has 2 fully saturated rings. The molecule has 2 aliphatic carbocycles. The molecular weight excluding hydrogens is 256 g/mol. The molecule has 1 amide bonds. The first-order valence-electron chi connectivity index (χ1n) is 6.99. The summed E-state index contributed by atoms with van der Waals surface area (Å²) in [4.78, 5) is 28.1. The topological polar surface area (TPSA) is 68.3 Å². The summed E-state index contributed by atoms with van der Waals surface area (Å²) in [5.74, 6) is 0.189. The fraction of sp³-hybridized carbons (Fsp3) is 0.533. The summed E-state index contributed by atoms with van der Waals surface area (Å²) in [7, 11) is 1.41. The Morgan fingerprint density at radius 3 is 2.85 bits per heavy atom.